The van der Waals surface area contributed by atoms with Crippen molar-refractivity contribution in [1.82, 2.24) is 4.90 Å². The molecule has 0 heterocycles. The molecule has 0 aliphatic carbocycles. The molecule has 0 unspecified atom stereocenters. The summed E-state index contributed by atoms with van der Waals surface area (Å²) in [7, 11) is 3.00. The highest BCUT2D eigenvalue weighted by Gasteiger charge is 2.02. The van der Waals surface area contributed by atoms with Crippen LogP contribution in [0.4, 0.5) is 4.79 Å². The van der Waals surface area contributed by atoms with Gasteiger partial charge in [0.2, 0.25) is 0 Å². The Morgan fingerprint density at radius 1 is 1.45 bits per heavy atom. The third-order valence-corrected chi connectivity index (χ3v) is 1.09. The first-order valence-corrected chi connectivity index (χ1v) is 3.37. The minimum atomic E-state index is -0.359. The van der Waals surface area contributed by atoms with Gasteiger partial charge in [0.25, 0.3) is 0 Å². The van der Waals surface area contributed by atoms with E-state index in [4.69, 9.17) is 0 Å². The molecule has 0 bridgehead atoms. The van der Waals surface area contributed by atoms with Crippen molar-refractivity contribution in [3.63, 3.8) is 0 Å². The minimum Gasteiger partial charge on any atom is -0.453 e. The molecule has 0 rings (SSSR count). The summed E-state index contributed by atoms with van der Waals surface area (Å²) in [6.07, 6.45) is 3.15. The predicted molar refractivity (Wildman–Crippen MR) is 43.9 cm³/mol. The lowest BCUT2D eigenvalue weighted by Crippen LogP contribution is -2.20. The maximum absolute atomic E-state index is 10.8. The molecule has 0 spiro atoms. The van der Waals surface area contributed by atoms with E-state index in [1.807, 2.05) is 19.9 Å². The molecule has 0 aliphatic rings. The molecule has 0 aromatic carbocycles. The zero-order chi connectivity index (χ0) is 8.85. The van der Waals surface area contributed by atoms with Crippen LogP contribution in [0.15, 0.2) is 12.3 Å². The summed E-state index contributed by atoms with van der Waals surface area (Å²) in [4.78, 5) is 12.1. The molecule has 0 saturated carbocycles. The fraction of sp³-hybridized carbons (Fsp3) is 0.500. The second-order valence-electron chi connectivity index (χ2n) is 2.47. The normalized spacial score (nSPS) is 10.6. The highest BCUT2D eigenvalue weighted by molar-refractivity contribution is 5.68. The van der Waals surface area contributed by atoms with Crippen molar-refractivity contribution in [3.05, 3.63) is 18.2 Å². The van der Waals surface area contributed by atoms with Gasteiger partial charge in [0.15, 0.2) is 0 Å². The highest BCUT2D eigenvalue weighted by atomic mass is 16.5. The molecule has 0 saturated heterocycles. The van der Waals surface area contributed by atoms with Gasteiger partial charge < -0.3 is 4.74 Å². The Labute approximate surface area is 67.6 Å². The van der Waals surface area contributed by atoms with Crippen LogP contribution in [0.5, 0.6) is 0 Å². The number of rotatable bonds is 2. The molecule has 1 radical (unpaired) electrons. The zero-order valence-electron chi connectivity index (χ0n) is 7.42. The topological polar surface area (TPSA) is 29.5 Å². The van der Waals surface area contributed by atoms with Crippen LogP contribution in [0.1, 0.15) is 13.8 Å². The molecule has 3 heteroatoms. The van der Waals surface area contributed by atoms with Crippen molar-refractivity contribution in [2.75, 3.05) is 14.2 Å². The number of ether oxygens (including phenoxy) is 1. The lowest BCUT2D eigenvalue weighted by atomic mass is 10.2. The zero-order valence-corrected chi connectivity index (χ0v) is 7.42. The van der Waals surface area contributed by atoms with Gasteiger partial charge in [-0.1, -0.05) is 19.9 Å². The number of nitrogens with zero attached hydrogens (tertiary/aromatic N) is 1. The number of methoxy groups -OCH3 is 1. The average Bonchev–Trinajstić information content (AvgIpc) is 1.98. The molecule has 11 heavy (non-hydrogen) atoms. The Kier molecular flexibility index (Phi) is 4.34. The van der Waals surface area contributed by atoms with Crippen LogP contribution < -0.4 is 0 Å². The van der Waals surface area contributed by atoms with Gasteiger partial charge in [-0.05, 0) is 5.92 Å². The fourth-order valence-corrected chi connectivity index (χ4v) is 0.466. The first-order chi connectivity index (χ1) is 5.07. The number of amides is 1. The van der Waals surface area contributed by atoms with Crippen LogP contribution in [0.25, 0.3) is 0 Å². The summed E-state index contributed by atoms with van der Waals surface area (Å²) >= 11 is 0. The van der Waals surface area contributed by atoms with Crippen molar-refractivity contribution < 1.29 is 9.53 Å². The van der Waals surface area contributed by atoms with Crippen LogP contribution in [-0.2, 0) is 4.74 Å². The largest absolute Gasteiger partial charge is 0.453 e. The minimum absolute atomic E-state index is 0.359. The fourth-order valence-electron chi connectivity index (χ4n) is 0.466. The summed E-state index contributed by atoms with van der Waals surface area (Å²) in [5, 5.41) is 0. The van der Waals surface area contributed by atoms with E-state index in [0.717, 1.165) is 5.92 Å². The van der Waals surface area contributed by atoms with E-state index in [2.05, 4.69) is 4.74 Å². The van der Waals surface area contributed by atoms with Crippen LogP contribution in [0.3, 0.4) is 0 Å². The van der Waals surface area contributed by atoms with Crippen molar-refractivity contribution >= 4 is 6.09 Å². The highest BCUT2D eigenvalue weighted by Crippen LogP contribution is 1.98. The van der Waals surface area contributed by atoms with Gasteiger partial charge in [-0.25, -0.2) is 4.79 Å². The summed E-state index contributed by atoms with van der Waals surface area (Å²) < 4.78 is 4.47. The smallest absolute Gasteiger partial charge is 0.413 e. The van der Waals surface area contributed by atoms with Gasteiger partial charge in [0, 0.05) is 13.2 Å². The van der Waals surface area contributed by atoms with Gasteiger partial charge in [-0.15, -0.1) is 0 Å². The summed E-state index contributed by atoms with van der Waals surface area (Å²) in [6.45, 7) is 3.92. The molecule has 0 fully saturated rings. The van der Waals surface area contributed by atoms with E-state index in [-0.39, 0.29) is 6.09 Å². The van der Waals surface area contributed by atoms with E-state index < -0.39 is 0 Å². The third kappa shape index (κ3) is 4.42. The lowest BCUT2D eigenvalue weighted by Gasteiger charge is -2.09. The average molecular weight is 156 g/mol. The SMILES string of the molecule is COC(=O)N(C)C=C[C](C)C. The predicted octanol–water partition coefficient (Wildman–Crippen LogP) is 1.81. The van der Waals surface area contributed by atoms with E-state index in [1.165, 1.54) is 12.0 Å². The van der Waals surface area contributed by atoms with Gasteiger partial charge in [0.1, 0.15) is 0 Å². The van der Waals surface area contributed by atoms with Gasteiger partial charge >= 0.3 is 6.09 Å². The van der Waals surface area contributed by atoms with Crippen LogP contribution in [0.2, 0.25) is 0 Å². The van der Waals surface area contributed by atoms with Gasteiger partial charge in [-0.3, -0.25) is 4.90 Å². The molecule has 0 atom stereocenters. The van der Waals surface area contributed by atoms with Crippen LogP contribution in [-0.4, -0.2) is 25.2 Å². The Bertz CT molecular complexity index is 152. The summed E-state index contributed by atoms with van der Waals surface area (Å²) in [6, 6.07) is 0. The van der Waals surface area contributed by atoms with Gasteiger partial charge in [-0.2, -0.15) is 0 Å². The molecule has 0 aromatic rings. The Balaban J connectivity index is 3.86. The second-order valence-corrected chi connectivity index (χ2v) is 2.47. The maximum atomic E-state index is 10.8. The molecule has 3 nitrogen and oxygen atoms in total. The van der Waals surface area contributed by atoms with Crippen LogP contribution >= 0.6 is 0 Å². The van der Waals surface area contributed by atoms with Gasteiger partial charge in [0.05, 0.1) is 7.11 Å². The molecule has 0 aromatic heterocycles. The molecular formula is C8H14NO2. The van der Waals surface area contributed by atoms with Crippen LogP contribution in [0, 0.1) is 5.92 Å². The van der Waals surface area contributed by atoms with Crippen molar-refractivity contribution in [2.24, 2.45) is 0 Å². The first-order valence-electron chi connectivity index (χ1n) is 3.37. The number of carbonyl (C=O) groups excluding carboxylic acids is 1. The third-order valence-electron chi connectivity index (χ3n) is 1.09. The quantitative estimate of drug-likeness (QED) is 0.610. The van der Waals surface area contributed by atoms with Crippen molar-refractivity contribution in [3.8, 4) is 0 Å². The lowest BCUT2D eigenvalue weighted by molar-refractivity contribution is 0.147. The summed E-state index contributed by atoms with van der Waals surface area (Å²) in [5.41, 5.74) is 0. The molecular weight excluding hydrogens is 142 g/mol. The summed E-state index contributed by atoms with van der Waals surface area (Å²) in [5.74, 6) is 1.14. The number of hydrogen-bond donors (Lipinski definition) is 0. The molecule has 0 N–H and O–H groups in total. The van der Waals surface area contributed by atoms with E-state index in [1.54, 1.807) is 13.2 Å². The molecule has 0 aliphatic heterocycles. The number of allylic oxidation sites excluding steroid dienone is 1. The number of carbonyl (C=O) groups is 1. The molecule has 63 valence electrons. The van der Waals surface area contributed by atoms with E-state index in [9.17, 15) is 4.79 Å². The van der Waals surface area contributed by atoms with E-state index >= 15 is 0 Å². The van der Waals surface area contributed by atoms with Crippen molar-refractivity contribution in [2.45, 2.75) is 13.8 Å². The number of hydrogen-bond acceptors (Lipinski definition) is 2. The van der Waals surface area contributed by atoms with Crippen molar-refractivity contribution in [1.29, 1.82) is 0 Å². The molecule has 1 amide bonds. The monoisotopic (exact) mass is 156 g/mol. The van der Waals surface area contributed by atoms with E-state index in [0.29, 0.717) is 0 Å². The first kappa shape index (κ1) is 10.0. The maximum Gasteiger partial charge on any atom is 0.413 e. The standard InChI is InChI=1S/C8H14NO2/c1-7(2)5-6-9(3)8(10)11-4/h5-6H,1-4H3. The Morgan fingerprint density at radius 3 is 2.36 bits per heavy atom. The second kappa shape index (κ2) is 4.77. The Morgan fingerprint density at radius 2 is 2.00 bits per heavy atom. The Hall–Kier alpha value is -0.990.